The van der Waals surface area contributed by atoms with E-state index in [1.807, 2.05) is 23.1 Å². The Bertz CT molecular complexity index is 575. The summed E-state index contributed by atoms with van der Waals surface area (Å²) < 4.78 is 0. The van der Waals surface area contributed by atoms with Crippen molar-refractivity contribution in [2.75, 3.05) is 32.8 Å². The largest absolute Gasteiger partial charge is 0.387 e. The minimum Gasteiger partial charge on any atom is -0.387 e. The molecule has 124 valence electrons. The Morgan fingerprint density at radius 3 is 2.70 bits per heavy atom. The molecule has 2 aliphatic rings. The number of carbonyl (C=O) groups is 2. The van der Waals surface area contributed by atoms with E-state index in [4.69, 9.17) is 5.11 Å². The lowest BCUT2D eigenvalue weighted by Crippen LogP contribution is -2.51. The predicted molar refractivity (Wildman–Crippen MR) is 86.7 cm³/mol. The first-order valence-electron chi connectivity index (χ1n) is 8.37. The average Bonchev–Trinajstić information content (AvgIpc) is 3.02. The summed E-state index contributed by atoms with van der Waals surface area (Å²) in [6, 6.07) is 10.2. The number of benzene rings is 1. The summed E-state index contributed by atoms with van der Waals surface area (Å²) in [6.07, 6.45) is 3.42. The molecule has 5 heteroatoms. The molecule has 3 rings (SSSR count). The van der Waals surface area contributed by atoms with Crippen molar-refractivity contribution in [3.63, 3.8) is 0 Å². The van der Waals surface area contributed by atoms with E-state index in [9.17, 15) is 9.59 Å². The third-order valence-electron chi connectivity index (χ3n) is 5.18. The van der Waals surface area contributed by atoms with E-state index in [2.05, 4.69) is 12.1 Å². The van der Waals surface area contributed by atoms with Gasteiger partial charge in [0.05, 0.1) is 5.41 Å². The van der Waals surface area contributed by atoms with Crippen LogP contribution in [0.25, 0.3) is 0 Å². The summed E-state index contributed by atoms with van der Waals surface area (Å²) in [6.45, 7) is 2.12. The molecule has 0 radical (unpaired) electrons. The highest BCUT2D eigenvalue weighted by molar-refractivity contribution is 5.86. The van der Waals surface area contributed by atoms with Gasteiger partial charge in [-0.25, -0.2) is 0 Å². The molecule has 1 spiro atoms. The monoisotopic (exact) mass is 316 g/mol. The van der Waals surface area contributed by atoms with E-state index in [0.717, 1.165) is 38.8 Å². The van der Waals surface area contributed by atoms with Gasteiger partial charge in [-0.2, -0.15) is 0 Å². The maximum absolute atomic E-state index is 13.0. The van der Waals surface area contributed by atoms with Crippen LogP contribution in [0, 0.1) is 5.41 Å². The molecule has 23 heavy (non-hydrogen) atoms. The molecule has 0 unspecified atom stereocenters. The van der Waals surface area contributed by atoms with E-state index in [1.165, 1.54) is 5.56 Å². The molecule has 0 aromatic heterocycles. The fraction of sp³-hybridized carbons (Fsp3) is 0.556. The molecule has 0 aliphatic carbocycles. The van der Waals surface area contributed by atoms with Gasteiger partial charge < -0.3 is 14.9 Å². The van der Waals surface area contributed by atoms with Crippen LogP contribution in [0.3, 0.4) is 0 Å². The zero-order valence-corrected chi connectivity index (χ0v) is 13.4. The maximum atomic E-state index is 13.0. The van der Waals surface area contributed by atoms with Crippen molar-refractivity contribution in [3.05, 3.63) is 35.9 Å². The van der Waals surface area contributed by atoms with Crippen molar-refractivity contribution in [3.8, 4) is 0 Å². The molecular formula is C18H24N2O3. The lowest BCUT2D eigenvalue weighted by Gasteiger charge is -2.39. The van der Waals surface area contributed by atoms with Crippen molar-refractivity contribution in [2.45, 2.75) is 25.7 Å². The van der Waals surface area contributed by atoms with Gasteiger partial charge in [-0.15, -0.1) is 0 Å². The molecule has 5 nitrogen and oxygen atoms in total. The van der Waals surface area contributed by atoms with Gasteiger partial charge in [0.2, 0.25) is 11.8 Å². The molecule has 2 aliphatic heterocycles. The second-order valence-electron chi connectivity index (χ2n) is 6.64. The second kappa shape index (κ2) is 6.71. The number of rotatable bonds is 4. The zero-order valence-electron chi connectivity index (χ0n) is 13.4. The predicted octanol–water partition coefficient (Wildman–Crippen LogP) is 1.06. The van der Waals surface area contributed by atoms with Crippen molar-refractivity contribution < 1.29 is 14.7 Å². The quantitative estimate of drug-likeness (QED) is 0.904. The summed E-state index contributed by atoms with van der Waals surface area (Å²) in [5.41, 5.74) is 0.822. The Labute approximate surface area is 136 Å². The molecule has 0 bridgehead atoms. The third-order valence-corrected chi connectivity index (χ3v) is 5.18. The number of piperidine rings is 1. The van der Waals surface area contributed by atoms with E-state index in [-0.39, 0.29) is 11.8 Å². The summed E-state index contributed by atoms with van der Waals surface area (Å²) in [5, 5.41) is 9.02. The first-order chi connectivity index (χ1) is 11.1. The van der Waals surface area contributed by atoms with Crippen LogP contribution < -0.4 is 0 Å². The van der Waals surface area contributed by atoms with Gasteiger partial charge in [0.1, 0.15) is 6.61 Å². The minimum absolute atomic E-state index is 0.188. The summed E-state index contributed by atoms with van der Waals surface area (Å²) in [7, 11) is 0. The summed E-state index contributed by atoms with van der Waals surface area (Å²) in [4.78, 5) is 28.2. The summed E-state index contributed by atoms with van der Waals surface area (Å²) in [5.74, 6) is -0.0796. The van der Waals surface area contributed by atoms with Gasteiger partial charge >= 0.3 is 0 Å². The van der Waals surface area contributed by atoms with Crippen molar-refractivity contribution in [1.82, 2.24) is 9.80 Å². The van der Waals surface area contributed by atoms with Crippen LogP contribution in [-0.2, 0) is 16.0 Å². The fourth-order valence-corrected chi connectivity index (χ4v) is 3.84. The molecular weight excluding hydrogens is 292 g/mol. The number of carbonyl (C=O) groups excluding carboxylic acids is 2. The highest BCUT2D eigenvalue weighted by Gasteiger charge is 2.49. The minimum atomic E-state index is -0.470. The van der Waals surface area contributed by atoms with Gasteiger partial charge in [0, 0.05) is 26.2 Å². The lowest BCUT2D eigenvalue weighted by molar-refractivity contribution is -0.146. The van der Waals surface area contributed by atoms with Crippen LogP contribution in [-0.4, -0.2) is 59.5 Å². The van der Waals surface area contributed by atoms with Gasteiger partial charge in [-0.05, 0) is 31.2 Å². The van der Waals surface area contributed by atoms with Gasteiger partial charge in [-0.3, -0.25) is 9.59 Å². The molecule has 1 aromatic rings. The smallest absolute Gasteiger partial charge is 0.248 e. The Morgan fingerprint density at radius 2 is 1.96 bits per heavy atom. The molecule has 2 fully saturated rings. The van der Waals surface area contributed by atoms with Gasteiger partial charge in [0.15, 0.2) is 0 Å². The molecule has 2 saturated heterocycles. The van der Waals surface area contributed by atoms with Crippen LogP contribution in [0.4, 0.5) is 0 Å². The normalized spacial score (nSPS) is 24.5. The first kappa shape index (κ1) is 16.0. The molecule has 2 amide bonds. The Balaban J connectivity index is 1.63. The standard InChI is InChI=1S/C18H24N2O3/c21-13-16(22)20-12-9-18(14-20)8-4-10-19(17(18)23)11-7-15-5-2-1-3-6-15/h1-3,5-6,21H,4,7-14H2/t18-/m0/s1. The SMILES string of the molecule is O=C(CO)N1CC[C@@]2(CCCN(CCc3ccccc3)C2=O)C1. The number of aliphatic hydroxyl groups excluding tert-OH is 1. The van der Waals surface area contributed by atoms with Crippen LogP contribution >= 0.6 is 0 Å². The van der Waals surface area contributed by atoms with Gasteiger partial charge in [-0.1, -0.05) is 30.3 Å². The molecule has 1 N–H and O–H groups in total. The first-order valence-corrected chi connectivity index (χ1v) is 8.37. The van der Waals surface area contributed by atoms with Crippen molar-refractivity contribution in [2.24, 2.45) is 5.41 Å². The second-order valence-corrected chi connectivity index (χ2v) is 6.64. The zero-order chi connectivity index (χ0) is 16.3. The number of hydrogen-bond acceptors (Lipinski definition) is 3. The number of amides is 2. The van der Waals surface area contributed by atoms with Crippen LogP contribution in [0.2, 0.25) is 0 Å². The fourth-order valence-electron chi connectivity index (χ4n) is 3.84. The molecule has 1 atom stereocenters. The Hall–Kier alpha value is -1.88. The van der Waals surface area contributed by atoms with Crippen LogP contribution in [0.5, 0.6) is 0 Å². The Kier molecular flexibility index (Phi) is 4.66. The van der Waals surface area contributed by atoms with Crippen molar-refractivity contribution in [1.29, 1.82) is 0 Å². The summed E-state index contributed by atoms with van der Waals surface area (Å²) >= 11 is 0. The van der Waals surface area contributed by atoms with E-state index in [0.29, 0.717) is 13.1 Å². The van der Waals surface area contributed by atoms with Crippen LogP contribution in [0.1, 0.15) is 24.8 Å². The van der Waals surface area contributed by atoms with E-state index < -0.39 is 12.0 Å². The van der Waals surface area contributed by atoms with E-state index in [1.54, 1.807) is 4.90 Å². The number of likely N-dealkylation sites (tertiary alicyclic amines) is 2. The highest BCUT2D eigenvalue weighted by Crippen LogP contribution is 2.40. The molecule has 0 saturated carbocycles. The van der Waals surface area contributed by atoms with Crippen molar-refractivity contribution >= 4 is 11.8 Å². The number of hydrogen-bond donors (Lipinski definition) is 1. The average molecular weight is 316 g/mol. The third kappa shape index (κ3) is 3.24. The van der Waals surface area contributed by atoms with Gasteiger partial charge in [0.25, 0.3) is 0 Å². The highest BCUT2D eigenvalue weighted by atomic mass is 16.3. The number of aliphatic hydroxyl groups is 1. The topological polar surface area (TPSA) is 60.9 Å². The Morgan fingerprint density at radius 1 is 1.17 bits per heavy atom. The van der Waals surface area contributed by atoms with E-state index >= 15 is 0 Å². The molecule has 2 heterocycles. The number of nitrogens with zero attached hydrogens (tertiary/aromatic N) is 2. The van der Waals surface area contributed by atoms with Crippen LogP contribution in [0.15, 0.2) is 30.3 Å². The molecule has 1 aromatic carbocycles. The maximum Gasteiger partial charge on any atom is 0.248 e. The lowest BCUT2D eigenvalue weighted by atomic mass is 9.78.